The fourth-order valence-electron chi connectivity index (χ4n) is 0.910. The van der Waals surface area contributed by atoms with E-state index in [2.05, 4.69) is 47.8 Å². The van der Waals surface area contributed by atoms with Gasteiger partial charge in [0.25, 0.3) is 0 Å². The van der Waals surface area contributed by atoms with Crippen LogP contribution >= 0.6 is 58.5 Å². The first-order chi connectivity index (χ1) is 7.29. The van der Waals surface area contributed by atoms with Crippen LogP contribution in [0.4, 0.5) is 0 Å². The van der Waals surface area contributed by atoms with Gasteiger partial charge in [0.2, 0.25) is 9.05 Å². The van der Waals surface area contributed by atoms with Crippen molar-refractivity contribution in [3.05, 3.63) is 25.6 Å². The summed E-state index contributed by atoms with van der Waals surface area (Å²) in [5, 5.41) is 0. The van der Waals surface area contributed by atoms with Gasteiger partial charge in [-0.3, -0.25) is 0 Å². The maximum atomic E-state index is 10.7. The lowest BCUT2D eigenvalue weighted by Crippen LogP contribution is -2.09. The molecule has 0 fully saturated rings. The molecule has 0 radical (unpaired) electrons. The molecule has 0 aliphatic heterocycles. The van der Waals surface area contributed by atoms with Crippen molar-refractivity contribution in [1.29, 1.82) is 0 Å². The monoisotopic (exact) mass is 454 g/mol. The average molecular weight is 457 g/mol. The Morgan fingerprint density at radius 1 is 1.19 bits per heavy atom. The third kappa shape index (κ3) is 4.91. The summed E-state index contributed by atoms with van der Waals surface area (Å²) >= 11 is 9.94. The van der Waals surface area contributed by atoms with E-state index < -0.39 is 9.05 Å². The van der Waals surface area contributed by atoms with Crippen molar-refractivity contribution in [1.82, 2.24) is 0 Å². The Bertz CT molecular complexity index is 466. The molecule has 16 heavy (non-hydrogen) atoms. The van der Waals surface area contributed by atoms with Crippen molar-refractivity contribution in [3.8, 4) is 5.75 Å². The molecular weight excluding hydrogens is 451 g/mol. The summed E-state index contributed by atoms with van der Waals surface area (Å²) in [6.07, 6.45) is 0. The summed E-state index contributed by atoms with van der Waals surface area (Å²) in [5.41, 5.74) is 0. The predicted octanol–water partition coefficient (Wildman–Crippen LogP) is 3.92. The molecule has 1 rings (SSSR count). The first kappa shape index (κ1) is 14.8. The van der Waals surface area contributed by atoms with Crippen LogP contribution in [0.3, 0.4) is 0 Å². The molecule has 0 spiro atoms. The lowest BCUT2D eigenvalue weighted by Gasteiger charge is -2.09. The molecule has 8 heteroatoms. The third-order valence-corrected chi connectivity index (χ3v) is 4.29. The van der Waals surface area contributed by atoms with Crippen LogP contribution in [0.2, 0.25) is 0 Å². The van der Waals surface area contributed by atoms with E-state index in [4.69, 9.17) is 15.4 Å². The highest BCUT2D eigenvalue weighted by Gasteiger charge is 2.10. The topological polar surface area (TPSA) is 43.4 Å². The van der Waals surface area contributed by atoms with Crippen LogP contribution < -0.4 is 4.74 Å². The number of hydrogen-bond donors (Lipinski definition) is 0. The van der Waals surface area contributed by atoms with Gasteiger partial charge in [-0.1, -0.05) is 15.9 Å². The highest BCUT2D eigenvalue weighted by molar-refractivity contribution is 9.11. The van der Waals surface area contributed by atoms with Crippen LogP contribution in [-0.2, 0) is 9.05 Å². The van der Waals surface area contributed by atoms with Crippen molar-refractivity contribution in [2.45, 2.75) is 0 Å². The fourth-order valence-corrected chi connectivity index (χ4v) is 3.87. The Kier molecular flexibility index (Phi) is 5.57. The van der Waals surface area contributed by atoms with Crippen molar-refractivity contribution in [2.24, 2.45) is 0 Å². The van der Waals surface area contributed by atoms with Crippen molar-refractivity contribution < 1.29 is 13.2 Å². The second-order valence-electron chi connectivity index (χ2n) is 2.79. The smallest absolute Gasteiger partial charge is 0.235 e. The minimum Gasteiger partial charge on any atom is -0.490 e. The van der Waals surface area contributed by atoms with E-state index in [1.165, 1.54) is 0 Å². The van der Waals surface area contributed by atoms with Gasteiger partial charge in [0.05, 0.1) is 14.7 Å². The lowest BCUT2D eigenvalue weighted by atomic mass is 10.3. The standard InChI is InChI=1S/C8H6Br3ClO3S/c9-5-3-6(10)8(7(11)4-5)15-1-2-16(12,13)14/h3-4H,1-2H2. The van der Waals surface area contributed by atoms with E-state index in [1.54, 1.807) is 12.1 Å². The summed E-state index contributed by atoms with van der Waals surface area (Å²) in [5.74, 6) is 0.312. The molecule has 0 heterocycles. The molecular formula is C8H6Br3ClO3S. The zero-order chi connectivity index (χ0) is 12.3. The first-order valence-electron chi connectivity index (χ1n) is 3.99. The van der Waals surface area contributed by atoms with Gasteiger partial charge in [-0.05, 0) is 44.0 Å². The predicted molar refractivity (Wildman–Crippen MR) is 74.7 cm³/mol. The van der Waals surface area contributed by atoms with Crippen LogP contribution in [0, 0.1) is 0 Å². The number of rotatable bonds is 4. The maximum absolute atomic E-state index is 10.7. The van der Waals surface area contributed by atoms with E-state index in [1.807, 2.05) is 0 Å². The van der Waals surface area contributed by atoms with E-state index in [-0.39, 0.29) is 12.4 Å². The number of hydrogen-bond acceptors (Lipinski definition) is 3. The highest BCUT2D eigenvalue weighted by Crippen LogP contribution is 2.36. The van der Waals surface area contributed by atoms with Gasteiger partial charge < -0.3 is 4.74 Å². The summed E-state index contributed by atoms with van der Waals surface area (Å²) in [7, 11) is 1.54. The van der Waals surface area contributed by atoms with Gasteiger partial charge in [0.1, 0.15) is 12.4 Å². The van der Waals surface area contributed by atoms with E-state index >= 15 is 0 Å². The van der Waals surface area contributed by atoms with E-state index in [0.717, 1.165) is 13.4 Å². The van der Waals surface area contributed by atoms with Crippen LogP contribution in [0.25, 0.3) is 0 Å². The zero-order valence-corrected chi connectivity index (χ0v) is 14.0. The largest absolute Gasteiger partial charge is 0.490 e. The highest BCUT2D eigenvalue weighted by atomic mass is 79.9. The van der Waals surface area contributed by atoms with Gasteiger partial charge in [0, 0.05) is 15.2 Å². The summed E-state index contributed by atoms with van der Waals surface area (Å²) in [6, 6.07) is 3.60. The molecule has 0 aliphatic rings. The van der Waals surface area contributed by atoms with Crippen LogP contribution in [0.1, 0.15) is 0 Å². The summed E-state index contributed by atoms with van der Waals surface area (Å²) in [4.78, 5) is 0. The Morgan fingerprint density at radius 3 is 2.12 bits per heavy atom. The lowest BCUT2D eigenvalue weighted by molar-refractivity contribution is 0.337. The van der Waals surface area contributed by atoms with Gasteiger partial charge in [-0.2, -0.15) is 0 Å². The SMILES string of the molecule is O=S(=O)(Cl)CCOc1c(Br)cc(Br)cc1Br. The second kappa shape index (κ2) is 6.04. The summed E-state index contributed by atoms with van der Waals surface area (Å²) < 4.78 is 29.0. The molecule has 0 amide bonds. The molecule has 0 atom stereocenters. The zero-order valence-electron chi connectivity index (χ0n) is 7.71. The molecule has 0 saturated carbocycles. The van der Waals surface area contributed by atoms with Crippen molar-refractivity contribution >= 4 is 67.5 Å². The fraction of sp³-hybridized carbons (Fsp3) is 0.250. The summed E-state index contributed by atoms with van der Waals surface area (Å²) in [6.45, 7) is 0.00463. The minimum atomic E-state index is -3.52. The number of halogens is 4. The van der Waals surface area contributed by atoms with Gasteiger partial charge >= 0.3 is 0 Å². The van der Waals surface area contributed by atoms with Crippen LogP contribution in [0.15, 0.2) is 25.6 Å². The van der Waals surface area contributed by atoms with Gasteiger partial charge in [-0.25, -0.2) is 8.42 Å². The average Bonchev–Trinajstić information content (AvgIpc) is 2.07. The number of benzene rings is 1. The second-order valence-corrected chi connectivity index (χ2v) is 8.31. The molecule has 0 unspecified atom stereocenters. The van der Waals surface area contributed by atoms with Crippen LogP contribution in [-0.4, -0.2) is 20.8 Å². The van der Waals surface area contributed by atoms with E-state index in [9.17, 15) is 8.42 Å². The molecule has 1 aromatic rings. The molecule has 3 nitrogen and oxygen atoms in total. The molecule has 0 aliphatic carbocycles. The van der Waals surface area contributed by atoms with Crippen LogP contribution in [0.5, 0.6) is 5.75 Å². The Hall–Kier alpha value is 0.700. The Morgan fingerprint density at radius 2 is 1.69 bits per heavy atom. The maximum Gasteiger partial charge on any atom is 0.235 e. The van der Waals surface area contributed by atoms with Gasteiger partial charge in [-0.15, -0.1) is 0 Å². The van der Waals surface area contributed by atoms with E-state index in [0.29, 0.717) is 5.75 Å². The molecule has 0 saturated heterocycles. The molecule has 90 valence electrons. The molecule has 0 N–H and O–H groups in total. The van der Waals surface area contributed by atoms with Crippen molar-refractivity contribution in [2.75, 3.05) is 12.4 Å². The molecule has 0 bridgehead atoms. The quantitative estimate of drug-likeness (QED) is 0.644. The van der Waals surface area contributed by atoms with Crippen molar-refractivity contribution in [3.63, 3.8) is 0 Å². The number of ether oxygens (including phenoxy) is 1. The van der Waals surface area contributed by atoms with Gasteiger partial charge in [0.15, 0.2) is 0 Å². The Balaban J connectivity index is 2.75. The first-order valence-corrected chi connectivity index (χ1v) is 8.85. The Labute approximate surface area is 123 Å². The molecule has 1 aromatic carbocycles. The third-order valence-electron chi connectivity index (χ3n) is 1.54. The minimum absolute atomic E-state index is 0.00463. The normalized spacial score (nSPS) is 11.5. The molecule has 0 aromatic heterocycles.